The van der Waals surface area contributed by atoms with E-state index in [-0.39, 0.29) is 5.60 Å². The van der Waals surface area contributed by atoms with E-state index in [4.69, 9.17) is 10.5 Å². The molecule has 0 aliphatic carbocycles. The van der Waals surface area contributed by atoms with Gasteiger partial charge in [-0.15, -0.1) is 0 Å². The first-order valence-corrected chi connectivity index (χ1v) is 5.90. The van der Waals surface area contributed by atoms with Crippen molar-refractivity contribution in [1.82, 2.24) is 9.78 Å². The van der Waals surface area contributed by atoms with Gasteiger partial charge >= 0.3 is 0 Å². The van der Waals surface area contributed by atoms with Gasteiger partial charge in [0.1, 0.15) is 0 Å². The third-order valence-electron chi connectivity index (χ3n) is 3.14. The lowest BCUT2D eigenvalue weighted by atomic mass is 10.0. The molecule has 0 aromatic carbocycles. The van der Waals surface area contributed by atoms with E-state index in [0.717, 1.165) is 24.2 Å². The summed E-state index contributed by atoms with van der Waals surface area (Å²) >= 11 is 0. The molecular weight excluding hydrogens is 202 g/mol. The van der Waals surface area contributed by atoms with E-state index in [0.29, 0.717) is 13.2 Å². The molecular formula is C12H23N3O. The Morgan fingerprint density at radius 2 is 2.19 bits per heavy atom. The summed E-state index contributed by atoms with van der Waals surface area (Å²) in [5, 5.41) is 4.39. The Labute approximate surface area is 97.8 Å². The molecule has 0 saturated heterocycles. The van der Waals surface area contributed by atoms with Crippen LogP contribution in [0, 0.1) is 0 Å². The second-order valence-corrected chi connectivity index (χ2v) is 4.40. The summed E-state index contributed by atoms with van der Waals surface area (Å²) in [6.45, 7) is 7.35. The van der Waals surface area contributed by atoms with Crippen LogP contribution in [0.25, 0.3) is 0 Å². The minimum absolute atomic E-state index is 0.226. The molecule has 1 heterocycles. The maximum absolute atomic E-state index is 5.87. The Bertz CT molecular complexity index is 329. The monoisotopic (exact) mass is 225 g/mol. The fraction of sp³-hybridized carbons (Fsp3) is 0.750. The molecule has 1 aromatic rings. The third-order valence-corrected chi connectivity index (χ3v) is 3.14. The highest BCUT2D eigenvalue weighted by Gasteiger charge is 2.21. The van der Waals surface area contributed by atoms with Gasteiger partial charge < -0.3 is 10.5 Å². The Morgan fingerprint density at radius 3 is 2.62 bits per heavy atom. The average molecular weight is 225 g/mol. The highest BCUT2D eigenvalue weighted by Crippen LogP contribution is 2.16. The molecule has 92 valence electrons. The standard InChI is InChI=1S/C12H23N3O/c1-5-10-7-11(15(4)14-10)8-16-12(3,6-2)9-13/h7H,5-6,8-9,13H2,1-4H3. The number of nitrogens with two attached hydrogens (primary N) is 1. The molecule has 0 fully saturated rings. The number of rotatable bonds is 6. The predicted octanol–water partition coefficient (Wildman–Crippen LogP) is 1.63. The number of aromatic nitrogens is 2. The van der Waals surface area contributed by atoms with Gasteiger partial charge in [-0.05, 0) is 25.8 Å². The first-order chi connectivity index (χ1) is 7.54. The Balaban J connectivity index is 2.63. The summed E-state index contributed by atoms with van der Waals surface area (Å²) < 4.78 is 7.75. The first-order valence-electron chi connectivity index (χ1n) is 5.90. The molecule has 0 spiro atoms. The highest BCUT2D eigenvalue weighted by molar-refractivity contribution is 5.09. The molecule has 1 atom stereocenters. The van der Waals surface area contributed by atoms with Crippen LogP contribution in [0.2, 0.25) is 0 Å². The Hall–Kier alpha value is -0.870. The number of nitrogens with zero attached hydrogens (tertiary/aromatic N) is 2. The van der Waals surface area contributed by atoms with E-state index < -0.39 is 0 Å². The maximum Gasteiger partial charge on any atom is 0.0892 e. The summed E-state index contributed by atoms with van der Waals surface area (Å²) in [6, 6.07) is 2.09. The summed E-state index contributed by atoms with van der Waals surface area (Å²) in [7, 11) is 1.95. The van der Waals surface area contributed by atoms with Crippen LogP contribution >= 0.6 is 0 Å². The molecule has 2 N–H and O–H groups in total. The quantitative estimate of drug-likeness (QED) is 0.800. The number of hydrogen-bond donors (Lipinski definition) is 1. The first kappa shape index (κ1) is 13.2. The van der Waals surface area contributed by atoms with Crippen molar-refractivity contribution in [2.45, 2.75) is 45.8 Å². The van der Waals surface area contributed by atoms with Crippen LogP contribution in [0.3, 0.4) is 0 Å². The summed E-state index contributed by atoms with van der Waals surface area (Å²) in [5.41, 5.74) is 7.68. The van der Waals surface area contributed by atoms with Crippen molar-refractivity contribution in [3.05, 3.63) is 17.5 Å². The van der Waals surface area contributed by atoms with Crippen molar-refractivity contribution in [3.8, 4) is 0 Å². The SMILES string of the molecule is CCc1cc(COC(C)(CC)CN)n(C)n1. The summed E-state index contributed by atoms with van der Waals surface area (Å²) in [4.78, 5) is 0. The fourth-order valence-corrected chi connectivity index (χ4v) is 1.43. The lowest BCUT2D eigenvalue weighted by Gasteiger charge is -2.26. The molecule has 1 aromatic heterocycles. The predicted molar refractivity (Wildman–Crippen MR) is 65.1 cm³/mol. The molecule has 1 unspecified atom stereocenters. The van der Waals surface area contributed by atoms with E-state index in [9.17, 15) is 0 Å². The minimum atomic E-state index is -0.226. The summed E-state index contributed by atoms with van der Waals surface area (Å²) in [5.74, 6) is 0. The maximum atomic E-state index is 5.87. The normalized spacial score (nSPS) is 15.1. The molecule has 0 saturated carbocycles. The molecule has 16 heavy (non-hydrogen) atoms. The van der Waals surface area contributed by atoms with Crippen molar-refractivity contribution in [2.75, 3.05) is 6.54 Å². The van der Waals surface area contributed by atoms with Crippen LogP contribution in [0.4, 0.5) is 0 Å². The van der Waals surface area contributed by atoms with Crippen LogP contribution in [-0.2, 0) is 24.8 Å². The van der Waals surface area contributed by atoms with Crippen molar-refractivity contribution < 1.29 is 4.74 Å². The molecule has 0 radical (unpaired) electrons. The second kappa shape index (κ2) is 5.46. The van der Waals surface area contributed by atoms with Crippen molar-refractivity contribution >= 4 is 0 Å². The van der Waals surface area contributed by atoms with E-state index in [1.807, 2.05) is 18.7 Å². The Kier molecular flexibility index (Phi) is 4.50. The molecule has 4 heteroatoms. The third kappa shape index (κ3) is 3.06. The number of ether oxygens (including phenoxy) is 1. The number of hydrogen-bond acceptors (Lipinski definition) is 3. The molecule has 0 aliphatic heterocycles. The van der Waals surface area contributed by atoms with Crippen LogP contribution in [0.15, 0.2) is 6.07 Å². The van der Waals surface area contributed by atoms with Crippen molar-refractivity contribution in [2.24, 2.45) is 12.8 Å². The van der Waals surface area contributed by atoms with Crippen LogP contribution < -0.4 is 5.73 Å². The zero-order chi connectivity index (χ0) is 12.2. The van der Waals surface area contributed by atoms with Crippen LogP contribution in [0.5, 0.6) is 0 Å². The Morgan fingerprint density at radius 1 is 1.50 bits per heavy atom. The van der Waals surface area contributed by atoms with E-state index in [1.165, 1.54) is 0 Å². The molecule has 0 amide bonds. The van der Waals surface area contributed by atoms with Gasteiger partial charge in [0.15, 0.2) is 0 Å². The van der Waals surface area contributed by atoms with Crippen LogP contribution in [0.1, 0.15) is 38.6 Å². The zero-order valence-corrected chi connectivity index (χ0v) is 10.8. The molecule has 0 bridgehead atoms. The molecule has 0 aliphatic rings. The topological polar surface area (TPSA) is 53.1 Å². The fourth-order valence-electron chi connectivity index (χ4n) is 1.43. The average Bonchev–Trinajstić information content (AvgIpc) is 2.67. The van der Waals surface area contributed by atoms with E-state index >= 15 is 0 Å². The van der Waals surface area contributed by atoms with Gasteiger partial charge in [0.25, 0.3) is 0 Å². The van der Waals surface area contributed by atoms with E-state index in [1.54, 1.807) is 0 Å². The van der Waals surface area contributed by atoms with Gasteiger partial charge in [-0.3, -0.25) is 4.68 Å². The highest BCUT2D eigenvalue weighted by atomic mass is 16.5. The molecule has 1 rings (SSSR count). The van der Waals surface area contributed by atoms with Gasteiger partial charge in [-0.1, -0.05) is 13.8 Å². The van der Waals surface area contributed by atoms with Gasteiger partial charge in [0.2, 0.25) is 0 Å². The van der Waals surface area contributed by atoms with E-state index in [2.05, 4.69) is 25.0 Å². The van der Waals surface area contributed by atoms with Gasteiger partial charge in [0, 0.05) is 13.6 Å². The van der Waals surface area contributed by atoms with Gasteiger partial charge in [-0.2, -0.15) is 5.10 Å². The van der Waals surface area contributed by atoms with Crippen LogP contribution in [-0.4, -0.2) is 21.9 Å². The second-order valence-electron chi connectivity index (χ2n) is 4.40. The van der Waals surface area contributed by atoms with Crippen molar-refractivity contribution in [1.29, 1.82) is 0 Å². The molecule has 4 nitrogen and oxygen atoms in total. The lowest BCUT2D eigenvalue weighted by Crippen LogP contribution is -2.36. The lowest BCUT2D eigenvalue weighted by molar-refractivity contribution is -0.0411. The smallest absolute Gasteiger partial charge is 0.0892 e. The minimum Gasteiger partial charge on any atom is -0.368 e. The van der Waals surface area contributed by atoms with Gasteiger partial charge in [0.05, 0.1) is 23.6 Å². The summed E-state index contributed by atoms with van der Waals surface area (Å²) in [6.07, 6.45) is 1.87. The largest absolute Gasteiger partial charge is 0.368 e. The number of aryl methyl sites for hydroxylation is 2. The zero-order valence-electron chi connectivity index (χ0n) is 10.8. The van der Waals surface area contributed by atoms with Crippen molar-refractivity contribution in [3.63, 3.8) is 0 Å². The van der Waals surface area contributed by atoms with Gasteiger partial charge in [-0.25, -0.2) is 0 Å².